The maximum Gasteiger partial charge on any atom is 0.396 e. The van der Waals surface area contributed by atoms with Crippen LogP contribution in [-0.2, 0) is 13.5 Å². The van der Waals surface area contributed by atoms with Crippen molar-refractivity contribution in [3.05, 3.63) is 29.7 Å². The van der Waals surface area contributed by atoms with Gasteiger partial charge >= 0.3 is 6.18 Å². The Morgan fingerprint density at radius 2 is 2.22 bits per heavy atom. The fourth-order valence-corrected chi connectivity index (χ4v) is 1.39. The van der Waals surface area contributed by atoms with Gasteiger partial charge in [0.2, 0.25) is 5.89 Å². The number of nitrogens with zero attached hydrogens (tertiary/aromatic N) is 4. The van der Waals surface area contributed by atoms with E-state index in [0.29, 0.717) is 5.56 Å². The Morgan fingerprint density at radius 3 is 2.78 bits per heavy atom. The molecular weight excluding hydrogens is 251 g/mol. The SMILES string of the molecule is Cn1cc(C(N)c2nc(CC(F)(F)F)no2)cn1. The molecule has 2 rings (SSSR count). The van der Waals surface area contributed by atoms with Crippen LogP contribution in [0.1, 0.15) is 23.3 Å². The van der Waals surface area contributed by atoms with E-state index in [1.54, 1.807) is 13.2 Å². The van der Waals surface area contributed by atoms with E-state index < -0.39 is 24.5 Å². The molecular formula is C9H10F3N5O. The Hall–Kier alpha value is -1.90. The lowest BCUT2D eigenvalue weighted by molar-refractivity contribution is -0.128. The molecule has 9 heteroatoms. The van der Waals surface area contributed by atoms with Crippen LogP contribution in [0.25, 0.3) is 0 Å². The van der Waals surface area contributed by atoms with E-state index in [1.165, 1.54) is 10.9 Å². The zero-order valence-electron chi connectivity index (χ0n) is 9.35. The van der Waals surface area contributed by atoms with Crippen molar-refractivity contribution in [2.45, 2.75) is 18.6 Å². The number of aromatic nitrogens is 4. The Kier molecular flexibility index (Phi) is 3.07. The van der Waals surface area contributed by atoms with Crippen LogP contribution < -0.4 is 5.73 Å². The highest BCUT2D eigenvalue weighted by atomic mass is 19.4. The molecule has 2 N–H and O–H groups in total. The van der Waals surface area contributed by atoms with Crippen LogP contribution in [0.2, 0.25) is 0 Å². The lowest BCUT2D eigenvalue weighted by atomic mass is 10.2. The first-order chi connectivity index (χ1) is 8.35. The minimum Gasteiger partial charge on any atom is -0.337 e. The van der Waals surface area contributed by atoms with E-state index in [0.717, 1.165) is 0 Å². The second-order valence-electron chi connectivity index (χ2n) is 3.77. The fraction of sp³-hybridized carbons (Fsp3) is 0.444. The summed E-state index contributed by atoms with van der Waals surface area (Å²) in [6.07, 6.45) is -2.51. The maximum atomic E-state index is 12.1. The van der Waals surface area contributed by atoms with Gasteiger partial charge in [-0.3, -0.25) is 4.68 Å². The largest absolute Gasteiger partial charge is 0.396 e. The quantitative estimate of drug-likeness (QED) is 0.889. The molecule has 2 heterocycles. The zero-order valence-corrected chi connectivity index (χ0v) is 9.35. The summed E-state index contributed by atoms with van der Waals surface area (Å²) in [6.45, 7) is 0. The van der Waals surface area contributed by atoms with Crippen molar-refractivity contribution < 1.29 is 17.7 Å². The van der Waals surface area contributed by atoms with Crippen molar-refractivity contribution in [2.75, 3.05) is 0 Å². The first kappa shape index (κ1) is 12.6. The topological polar surface area (TPSA) is 82.8 Å². The van der Waals surface area contributed by atoms with Crippen molar-refractivity contribution in [3.8, 4) is 0 Å². The first-order valence-electron chi connectivity index (χ1n) is 4.98. The molecule has 0 saturated carbocycles. The van der Waals surface area contributed by atoms with Crippen molar-refractivity contribution in [1.29, 1.82) is 0 Å². The van der Waals surface area contributed by atoms with E-state index in [1.807, 2.05) is 0 Å². The molecule has 0 bridgehead atoms. The van der Waals surface area contributed by atoms with Crippen LogP contribution in [0.5, 0.6) is 0 Å². The highest BCUT2D eigenvalue weighted by molar-refractivity contribution is 5.16. The normalized spacial score (nSPS) is 13.8. The monoisotopic (exact) mass is 261 g/mol. The highest BCUT2D eigenvalue weighted by Crippen LogP contribution is 2.22. The van der Waals surface area contributed by atoms with Gasteiger partial charge in [0.1, 0.15) is 12.5 Å². The van der Waals surface area contributed by atoms with E-state index in [4.69, 9.17) is 10.3 Å². The number of hydrogen-bond acceptors (Lipinski definition) is 5. The Bertz CT molecular complexity index is 532. The summed E-state index contributed by atoms with van der Waals surface area (Å²) in [4.78, 5) is 3.62. The summed E-state index contributed by atoms with van der Waals surface area (Å²) in [5, 5.41) is 7.14. The number of alkyl halides is 3. The van der Waals surface area contributed by atoms with Gasteiger partial charge in [0.25, 0.3) is 0 Å². The average Bonchev–Trinajstić information content (AvgIpc) is 2.84. The molecule has 1 atom stereocenters. The van der Waals surface area contributed by atoms with Crippen LogP contribution >= 0.6 is 0 Å². The van der Waals surface area contributed by atoms with Crippen LogP contribution in [0, 0.1) is 0 Å². The molecule has 0 aliphatic heterocycles. The Labute approximate surface area is 99.6 Å². The predicted octanol–water partition coefficient (Wildman–Crippen LogP) is 0.956. The summed E-state index contributed by atoms with van der Waals surface area (Å²) in [7, 11) is 1.69. The standard InChI is InChI=1S/C9H10F3N5O/c1-17-4-5(3-14-17)7(13)8-15-6(16-18-8)2-9(10,11)12/h3-4,7H,2,13H2,1H3. The molecule has 0 aliphatic carbocycles. The molecule has 0 radical (unpaired) electrons. The van der Waals surface area contributed by atoms with E-state index >= 15 is 0 Å². The molecule has 98 valence electrons. The second kappa shape index (κ2) is 4.41. The number of halogens is 3. The molecule has 1 unspecified atom stereocenters. The van der Waals surface area contributed by atoms with Gasteiger partial charge in [-0.25, -0.2) is 0 Å². The van der Waals surface area contributed by atoms with Crippen LogP contribution in [0.3, 0.4) is 0 Å². The molecule has 6 nitrogen and oxygen atoms in total. The number of nitrogens with two attached hydrogens (primary N) is 1. The van der Waals surface area contributed by atoms with Gasteiger partial charge in [0, 0.05) is 18.8 Å². The Morgan fingerprint density at radius 1 is 1.50 bits per heavy atom. The van der Waals surface area contributed by atoms with E-state index in [2.05, 4.69) is 15.2 Å². The van der Waals surface area contributed by atoms with Gasteiger partial charge in [-0.15, -0.1) is 0 Å². The van der Waals surface area contributed by atoms with E-state index in [-0.39, 0.29) is 5.89 Å². The summed E-state index contributed by atoms with van der Waals surface area (Å²) in [5.74, 6) is -0.501. The summed E-state index contributed by atoms with van der Waals surface area (Å²) >= 11 is 0. The van der Waals surface area contributed by atoms with Gasteiger partial charge in [-0.05, 0) is 0 Å². The number of rotatable bonds is 3. The van der Waals surface area contributed by atoms with Gasteiger partial charge in [0.15, 0.2) is 5.82 Å². The third-order valence-electron chi connectivity index (χ3n) is 2.19. The van der Waals surface area contributed by atoms with E-state index in [9.17, 15) is 13.2 Å². The average molecular weight is 261 g/mol. The second-order valence-corrected chi connectivity index (χ2v) is 3.77. The molecule has 0 spiro atoms. The lowest BCUT2D eigenvalue weighted by Crippen LogP contribution is -2.14. The van der Waals surface area contributed by atoms with Crippen molar-refractivity contribution in [1.82, 2.24) is 19.9 Å². The smallest absolute Gasteiger partial charge is 0.337 e. The molecule has 0 aromatic carbocycles. The van der Waals surface area contributed by atoms with Crippen molar-refractivity contribution in [3.63, 3.8) is 0 Å². The van der Waals surface area contributed by atoms with Gasteiger partial charge in [-0.2, -0.15) is 23.3 Å². The minimum absolute atomic E-state index is 0.0674. The van der Waals surface area contributed by atoms with Crippen molar-refractivity contribution in [2.24, 2.45) is 12.8 Å². The third-order valence-corrected chi connectivity index (χ3v) is 2.19. The van der Waals surface area contributed by atoms with Crippen molar-refractivity contribution >= 4 is 0 Å². The number of hydrogen-bond donors (Lipinski definition) is 1. The fourth-order valence-electron chi connectivity index (χ4n) is 1.39. The highest BCUT2D eigenvalue weighted by Gasteiger charge is 2.31. The summed E-state index contributed by atoms with van der Waals surface area (Å²) < 4.78 is 42.6. The minimum atomic E-state index is -4.38. The van der Waals surface area contributed by atoms with Crippen LogP contribution in [0.15, 0.2) is 16.9 Å². The maximum absolute atomic E-state index is 12.1. The molecule has 18 heavy (non-hydrogen) atoms. The van der Waals surface area contributed by atoms with Gasteiger partial charge in [0.05, 0.1) is 6.20 Å². The summed E-state index contributed by atoms with van der Waals surface area (Å²) in [6, 6.07) is -0.784. The number of aryl methyl sites for hydroxylation is 1. The first-order valence-corrected chi connectivity index (χ1v) is 4.98. The third kappa shape index (κ3) is 2.86. The van der Waals surface area contributed by atoms with Crippen LogP contribution in [0.4, 0.5) is 13.2 Å². The summed E-state index contributed by atoms with van der Waals surface area (Å²) in [5.41, 5.74) is 6.36. The molecule has 0 fully saturated rings. The zero-order chi connectivity index (χ0) is 13.3. The van der Waals surface area contributed by atoms with Gasteiger partial charge in [-0.1, -0.05) is 5.16 Å². The molecule has 2 aromatic rings. The molecule has 0 aliphatic rings. The van der Waals surface area contributed by atoms with Gasteiger partial charge < -0.3 is 10.3 Å². The Balaban J connectivity index is 2.15. The van der Waals surface area contributed by atoms with Crippen LogP contribution in [-0.4, -0.2) is 26.1 Å². The molecule has 2 aromatic heterocycles. The lowest BCUT2D eigenvalue weighted by Gasteiger charge is -2.02. The predicted molar refractivity (Wildman–Crippen MR) is 53.3 cm³/mol. The molecule has 0 amide bonds. The molecule has 0 saturated heterocycles.